The van der Waals surface area contributed by atoms with Crippen molar-refractivity contribution in [1.29, 1.82) is 0 Å². The zero-order valence-electron chi connectivity index (χ0n) is 15.0. The van der Waals surface area contributed by atoms with E-state index in [1.807, 2.05) is 24.3 Å². The van der Waals surface area contributed by atoms with Crippen molar-refractivity contribution < 1.29 is 48.1 Å². The summed E-state index contributed by atoms with van der Waals surface area (Å²) in [5, 5.41) is 0. The Morgan fingerprint density at radius 2 is 0.966 bits per heavy atom. The summed E-state index contributed by atoms with van der Waals surface area (Å²) in [6.07, 6.45) is 20.0. The second-order valence-electron chi connectivity index (χ2n) is 4.94. The maximum absolute atomic E-state index is 11.9. The van der Waals surface area contributed by atoms with Gasteiger partial charge in [-0.15, -0.1) is 49.2 Å². The SMILES string of the molecule is Fc1[c-]c(F)c(F)cc1.Fc1[c-]c(F)c(F)cc1.[C-]1=CC=CC1.[C-]1=CC=CC1.[Ti+4]. The molecule has 0 saturated heterocycles. The summed E-state index contributed by atoms with van der Waals surface area (Å²) in [6.45, 7) is 0. The molecule has 0 aromatic heterocycles. The number of allylic oxidation sites excluding steroid dienone is 8. The molecule has 148 valence electrons. The van der Waals surface area contributed by atoms with E-state index in [4.69, 9.17) is 0 Å². The van der Waals surface area contributed by atoms with Gasteiger partial charge in [-0.05, 0) is 0 Å². The molecule has 0 spiro atoms. The zero-order valence-corrected chi connectivity index (χ0v) is 16.5. The fourth-order valence-corrected chi connectivity index (χ4v) is 1.53. The fraction of sp³-hybridized carbons (Fsp3) is 0.0909. The van der Waals surface area contributed by atoms with E-state index in [9.17, 15) is 26.3 Å². The van der Waals surface area contributed by atoms with Crippen molar-refractivity contribution in [2.75, 3.05) is 0 Å². The van der Waals surface area contributed by atoms with Crippen LogP contribution in [0.25, 0.3) is 0 Å². The summed E-state index contributed by atoms with van der Waals surface area (Å²) >= 11 is 0. The van der Waals surface area contributed by atoms with Gasteiger partial charge in [0.2, 0.25) is 0 Å². The molecular weight excluding hydrogens is 426 g/mol. The maximum atomic E-state index is 11.9. The molecule has 0 radical (unpaired) electrons. The molecule has 0 bridgehead atoms. The van der Waals surface area contributed by atoms with Gasteiger partial charge < -0.3 is 0 Å². The molecule has 2 aromatic rings. The van der Waals surface area contributed by atoms with Crippen molar-refractivity contribution in [3.63, 3.8) is 0 Å². The van der Waals surface area contributed by atoms with Crippen molar-refractivity contribution in [2.24, 2.45) is 0 Å². The van der Waals surface area contributed by atoms with Gasteiger partial charge >= 0.3 is 21.7 Å². The van der Waals surface area contributed by atoms with E-state index >= 15 is 0 Å². The molecule has 0 nitrogen and oxygen atoms in total. The number of benzene rings is 2. The minimum Gasteiger partial charge on any atom is -0.281 e. The molecule has 0 amide bonds. The average molecular weight is 440 g/mol. The van der Waals surface area contributed by atoms with Crippen LogP contribution in [0.2, 0.25) is 0 Å². The number of hydrogen-bond donors (Lipinski definition) is 0. The third-order valence-electron chi connectivity index (χ3n) is 2.80. The van der Waals surface area contributed by atoms with Crippen molar-refractivity contribution in [1.82, 2.24) is 0 Å². The molecule has 0 N–H and O–H groups in total. The summed E-state index contributed by atoms with van der Waals surface area (Å²) in [6, 6.07) is 6.09. The first-order valence-corrected chi connectivity index (χ1v) is 7.89. The first kappa shape index (κ1) is 26.7. The predicted molar refractivity (Wildman–Crippen MR) is 93.4 cm³/mol. The van der Waals surface area contributed by atoms with Crippen LogP contribution in [-0.2, 0) is 21.7 Å². The standard InChI is InChI=1S/2C6H2F3.2C5H5.Ti/c2*7-4-1-2-5(8)6(9)3-4;2*1-2-4-5-3-1;/h2*1-2H;2*1-3H,4H2;/q4*-1;+4. The van der Waals surface area contributed by atoms with Crippen molar-refractivity contribution >= 4 is 0 Å². The van der Waals surface area contributed by atoms with E-state index in [1.165, 1.54) is 12.1 Å². The first-order valence-electron chi connectivity index (χ1n) is 7.89. The van der Waals surface area contributed by atoms with Crippen molar-refractivity contribution in [2.45, 2.75) is 12.8 Å². The zero-order chi connectivity index (χ0) is 20.8. The quantitative estimate of drug-likeness (QED) is 0.192. The minimum absolute atomic E-state index is 0. The first-order chi connectivity index (χ1) is 13.4. The molecule has 29 heavy (non-hydrogen) atoms. The largest absolute Gasteiger partial charge is 4.00 e. The van der Waals surface area contributed by atoms with Crippen molar-refractivity contribution in [3.05, 3.63) is 120 Å². The van der Waals surface area contributed by atoms with Gasteiger partial charge in [0.15, 0.2) is 0 Å². The summed E-state index contributed by atoms with van der Waals surface area (Å²) in [4.78, 5) is 0. The smallest absolute Gasteiger partial charge is 0.281 e. The molecule has 0 fully saturated rings. The van der Waals surface area contributed by atoms with Crippen LogP contribution in [0.4, 0.5) is 26.3 Å². The van der Waals surface area contributed by atoms with Crippen LogP contribution < -0.4 is 0 Å². The third kappa shape index (κ3) is 12.7. The number of halogens is 6. The Labute approximate surface area is 180 Å². The summed E-state index contributed by atoms with van der Waals surface area (Å²) in [5.74, 6) is -6.53. The van der Waals surface area contributed by atoms with E-state index in [2.05, 4.69) is 24.3 Å². The average Bonchev–Trinajstić information content (AvgIpc) is 3.41. The van der Waals surface area contributed by atoms with Crippen LogP contribution in [0.1, 0.15) is 12.8 Å². The van der Waals surface area contributed by atoms with Crippen LogP contribution in [0.5, 0.6) is 0 Å². The molecule has 7 heteroatoms. The second-order valence-corrected chi connectivity index (χ2v) is 4.94. The molecule has 0 heterocycles. The molecule has 4 rings (SSSR count). The van der Waals surface area contributed by atoms with Gasteiger partial charge in [0.1, 0.15) is 0 Å². The van der Waals surface area contributed by atoms with Crippen LogP contribution in [0, 0.1) is 59.2 Å². The van der Waals surface area contributed by atoms with Gasteiger partial charge in [0.25, 0.3) is 0 Å². The Bertz CT molecular complexity index is 765. The normalized spacial score (nSPS) is 12.1. The Balaban J connectivity index is 0.000000369. The summed E-state index contributed by atoms with van der Waals surface area (Å²) in [5.41, 5.74) is 0. The Hall–Kier alpha value is -2.31. The van der Waals surface area contributed by atoms with Gasteiger partial charge in [-0.2, -0.15) is 12.2 Å². The van der Waals surface area contributed by atoms with Gasteiger partial charge in [-0.1, -0.05) is 0 Å². The van der Waals surface area contributed by atoms with Gasteiger partial charge in [0, 0.05) is 34.9 Å². The van der Waals surface area contributed by atoms with Crippen molar-refractivity contribution in [3.8, 4) is 0 Å². The van der Waals surface area contributed by atoms with Crippen LogP contribution in [0.15, 0.2) is 60.7 Å². The van der Waals surface area contributed by atoms with Crippen LogP contribution in [0.3, 0.4) is 0 Å². The molecule has 0 unspecified atom stereocenters. The number of rotatable bonds is 0. The van der Waals surface area contributed by atoms with Gasteiger partial charge in [-0.3, -0.25) is 20.9 Å². The Kier molecular flexibility index (Phi) is 14.4. The maximum Gasteiger partial charge on any atom is 4.00 e. The Morgan fingerprint density at radius 3 is 1.14 bits per heavy atom. The van der Waals surface area contributed by atoms with Gasteiger partial charge in [-0.25, -0.2) is 41.9 Å². The Morgan fingerprint density at radius 1 is 0.586 bits per heavy atom. The van der Waals surface area contributed by atoms with E-state index < -0.39 is 34.9 Å². The van der Waals surface area contributed by atoms with Gasteiger partial charge in [0.05, 0.1) is 0 Å². The fourth-order valence-electron chi connectivity index (χ4n) is 1.53. The van der Waals surface area contributed by atoms with Crippen LogP contribution >= 0.6 is 0 Å². The molecule has 0 atom stereocenters. The summed E-state index contributed by atoms with van der Waals surface area (Å²) < 4.78 is 71.4. The summed E-state index contributed by atoms with van der Waals surface area (Å²) in [7, 11) is 0. The minimum atomic E-state index is -1.28. The van der Waals surface area contributed by atoms with E-state index in [0.717, 1.165) is 25.0 Å². The topological polar surface area (TPSA) is 0 Å². The predicted octanol–water partition coefficient (Wildman–Crippen LogP) is 6.42. The molecule has 0 saturated carbocycles. The molecular formula is C22H14F6Ti. The monoisotopic (exact) mass is 440 g/mol. The van der Waals surface area contributed by atoms with E-state index in [-0.39, 0.29) is 21.7 Å². The second kappa shape index (κ2) is 15.6. The molecule has 2 aliphatic carbocycles. The molecule has 0 aliphatic heterocycles. The van der Waals surface area contributed by atoms with E-state index in [1.54, 1.807) is 0 Å². The third-order valence-corrected chi connectivity index (χ3v) is 2.80. The number of hydrogen-bond acceptors (Lipinski definition) is 0. The molecule has 2 aliphatic rings. The van der Waals surface area contributed by atoms with E-state index in [0.29, 0.717) is 12.1 Å². The van der Waals surface area contributed by atoms with Crippen LogP contribution in [-0.4, -0.2) is 0 Å². The molecule has 2 aromatic carbocycles.